The molecule has 0 aromatic carbocycles. The maximum atomic E-state index is 11.2. The highest BCUT2D eigenvalue weighted by Crippen LogP contribution is 2.24. The summed E-state index contributed by atoms with van der Waals surface area (Å²) in [5.41, 5.74) is 0. The Labute approximate surface area is 77.5 Å². The van der Waals surface area contributed by atoms with Crippen molar-refractivity contribution < 1.29 is 14.8 Å². The summed E-state index contributed by atoms with van der Waals surface area (Å²) in [7, 11) is 0. The summed E-state index contributed by atoms with van der Waals surface area (Å²) in [5.74, 6) is -0.632. The van der Waals surface area contributed by atoms with Crippen LogP contribution in [0.5, 0.6) is 0 Å². The predicted octanol–water partition coefficient (Wildman–Crippen LogP) is 0.730. The largest absolute Gasteiger partial charge is 0.349 e. The van der Waals surface area contributed by atoms with Crippen LogP contribution in [0, 0.1) is 0 Å². The lowest BCUT2D eigenvalue weighted by Crippen LogP contribution is -2.26. The van der Waals surface area contributed by atoms with Crippen molar-refractivity contribution in [3.63, 3.8) is 0 Å². The van der Waals surface area contributed by atoms with Gasteiger partial charge in [-0.25, -0.2) is 4.79 Å². The topological polar surface area (TPSA) is 69.6 Å². The molecule has 5 nitrogen and oxygen atoms in total. The van der Waals surface area contributed by atoms with E-state index in [-0.39, 0.29) is 5.06 Å². The third-order valence-electron chi connectivity index (χ3n) is 1.74. The van der Waals surface area contributed by atoms with Gasteiger partial charge >= 0.3 is 6.03 Å². The fraction of sp³-hybridized carbons (Fsp3) is 0.143. The highest BCUT2D eigenvalue weighted by molar-refractivity contribution is 7.10. The van der Waals surface area contributed by atoms with E-state index >= 15 is 0 Å². The van der Waals surface area contributed by atoms with Crippen molar-refractivity contribution in [1.29, 1.82) is 0 Å². The third-order valence-corrected chi connectivity index (χ3v) is 2.68. The van der Waals surface area contributed by atoms with Gasteiger partial charge < -0.3 is 5.32 Å². The maximum absolute atomic E-state index is 11.2. The third kappa shape index (κ3) is 1.20. The van der Waals surface area contributed by atoms with Gasteiger partial charge in [0.05, 0.1) is 0 Å². The normalized spacial score (nSPS) is 22.2. The molecule has 1 aromatic heterocycles. The van der Waals surface area contributed by atoms with E-state index in [1.807, 2.05) is 0 Å². The summed E-state index contributed by atoms with van der Waals surface area (Å²) in [4.78, 5) is 22.8. The van der Waals surface area contributed by atoms with Gasteiger partial charge in [-0.05, 0) is 11.4 Å². The highest BCUT2D eigenvalue weighted by atomic mass is 32.1. The Morgan fingerprint density at radius 2 is 2.31 bits per heavy atom. The Bertz CT molecular complexity index is 349. The van der Waals surface area contributed by atoms with Crippen LogP contribution in [0.1, 0.15) is 10.9 Å². The van der Waals surface area contributed by atoms with Crippen LogP contribution in [0.15, 0.2) is 17.5 Å². The van der Waals surface area contributed by atoms with Crippen LogP contribution in [-0.2, 0) is 4.79 Å². The number of nitrogens with zero attached hydrogens (tertiary/aromatic N) is 1. The molecular weight excluding hydrogens is 192 g/mol. The SMILES string of the molecule is O=C1NC(c2cccs2)C(=O)N1O. The van der Waals surface area contributed by atoms with Crippen LogP contribution in [0.2, 0.25) is 0 Å². The molecule has 0 aliphatic carbocycles. The van der Waals surface area contributed by atoms with Gasteiger partial charge in [0.2, 0.25) is 0 Å². The standard InChI is InChI=1S/C7H6N2O3S/c10-6-5(4-2-1-3-13-4)8-7(11)9(6)12/h1-3,5,12H,(H,8,11). The average molecular weight is 198 g/mol. The first kappa shape index (κ1) is 8.21. The van der Waals surface area contributed by atoms with Gasteiger partial charge in [-0.3, -0.25) is 10.0 Å². The van der Waals surface area contributed by atoms with E-state index in [2.05, 4.69) is 5.32 Å². The second-order valence-electron chi connectivity index (χ2n) is 2.55. The molecule has 0 saturated carbocycles. The van der Waals surface area contributed by atoms with E-state index in [0.717, 1.165) is 4.88 Å². The number of rotatable bonds is 1. The number of hydrogen-bond acceptors (Lipinski definition) is 4. The molecule has 0 radical (unpaired) electrons. The Kier molecular flexibility index (Phi) is 1.78. The molecule has 1 aliphatic rings. The number of amides is 3. The van der Waals surface area contributed by atoms with Gasteiger partial charge in [-0.15, -0.1) is 16.4 Å². The average Bonchev–Trinajstić information content (AvgIpc) is 2.70. The minimum Gasteiger partial charge on any atom is -0.319 e. The van der Waals surface area contributed by atoms with Crippen molar-refractivity contribution in [2.45, 2.75) is 6.04 Å². The van der Waals surface area contributed by atoms with Gasteiger partial charge in [0, 0.05) is 4.88 Å². The lowest BCUT2D eigenvalue weighted by atomic mass is 10.2. The van der Waals surface area contributed by atoms with Crippen LogP contribution in [-0.4, -0.2) is 22.2 Å². The molecule has 0 spiro atoms. The first-order valence-electron chi connectivity index (χ1n) is 3.57. The number of carbonyl (C=O) groups is 2. The van der Waals surface area contributed by atoms with E-state index in [1.165, 1.54) is 11.3 Å². The molecule has 2 heterocycles. The number of nitrogens with one attached hydrogen (secondary N) is 1. The molecule has 68 valence electrons. The van der Waals surface area contributed by atoms with E-state index < -0.39 is 18.0 Å². The molecule has 0 bridgehead atoms. The van der Waals surface area contributed by atoms with Crippen LogP contribution in [0.25, 0.3) is 0 Å². The quantitative estimate of drug-likeness (QED) is 0.516. The molecule has 2 rings (SSSR count). The second-order valence-corrected chi connectivity index (χ2v) is 3.53. The first-order chi connectivity index (χ1) is 6.20. The number of urea groups is 1. The summed E-state index contributed by atoms with van der Waals surface area (Å²) >= 11 is 1.35. The Morgan fingerprint density at radius 1 is 1.54 bits per heavy atom. The van der Waals surface area contributed by atoms with Crippen LogP contribution < -0.4 is 5.32 Å². The fourth-order valence-electron chi connectivity index (χ4n) is 1.12. The Balaban J connectivity index is 2.29. The van der Waals surface area contributed by atoms with E-state index in [4.69, 9.17) is 5.21 Å². The molecule has 1 atom stereocenters. The number of hydroxylamine groups is 2. The summed E-state index contributed by atoms with van der Waals surface area (Å²) in [6.07, 6.45) is 0. The number of hydrogen-bond donors (Lipinski definition) is 2. The zero-order chi connectivity index (χ0) is 9.42. The fourth-order valence-corrected chi connectivity index (χ4v) is 1.88. The van der Waals surface area contributed by atoms with E-state index in [0.29, 0.717) is 0 Å². The molecule has 1 saturated heterocycles. The zero-order valence-electron chi connectivity index (χ0n) is 6.43. The van der Waals surface area contributed by atoms with Crippen molar-refractivity contribution in [2.75, 3.05) is 0 Å². The molecule has 1 aromatic rings. The van der Waals surface area contributed by atoms with Gasteiger partial charge in [0.1, 0.15) is 6.04 Å². The highest BCUT2D eigenvalue weighted by Gasteiger charge is 2.38. The zero-order valence-corrected chi connectivity index (χ0v) is 7.25. The molecule has 3 amide bonds. The summed E-state index contributed by atoms with van der Waals surface area (Å²) in [6, 6.07) is 2.01. The molecule has 1 unspecified atom stereocenters. The Hall–Kier alpha value is -1.40. The summed E-state index contributed by atoms with van der Waals surface area (Å²) in [6.45, 7) is 0. The second kappa shape index (κ2) is 2.82. The molecule has 6 heteroatoms. The van der Waals surface area contributed by atoms with Crippen LogP contribution in [0.4, 0.5) is 4.79 Å². The van der Waals surface area contributed by atoms with Gasteiger partial charge in [0.25, 0.3) is 5.91 Å². The predicted molar refractivity (Wildman–Crippen MR) is 44.2 cm³/mol. The minimum atomic E-state index is -0.775. The van der Waals surface area contributed by atoms with E-state index in [9.17, 15) is 9.59 Å². The van der Waals surface area contributed by atoms with Crippen LogP contribution in [0.3, 0.4) is 0 Å². The lowest BCUT2D eigenvalue weighted by molar-refractivity contribution is -0.149. The summed E-state index contributed by atoms with van der Waals surface area (Å²) < 4.78 is 0. The van der Waals surface area contributed by atoms with E-state index in [1.54, 1.807) is 17.5 Å². The van der Waals surface area contributed by atoms with Crippen molar-refractivity contribution in [1.82, 2.24) is 10.4 Å². The monoisotopic (exact) mass is 198 g/mol. The molecule has 13 heavy (non-hydrogen) atoms. The lowest BCUT2D eigenvalue weighted by Gasteiger charge is -2.02. The number of thiophene rings is 1. The number of carbonyl (C=O) groups excluding carboxylic acids is 2. The number of imide groups is 1. The van der Waals surface area contributed by atoms with Crippen LogP contribution >= 0.6 is 11.3 Å². The molecule has 1 aliphatic heterocycles. The van der Waals surface area contributed by atoms with Crippen molar-refractivity contribution >= 4 is 23.3 Å². The molecule has 2 N–H and O–H groups in total. The van der Waals surface area contributed by atoms with Gasteiger partial charge in [-0.1, -0.05) is 6.07 Å². The van der Waals surface area contributed by atoms with Crippen molar-refractivity contribution in [2.24, 2.45) is 0 Å². The Morgan fingerprint density at radius 3 is 2.77 bits per heavy atom. The maximum Gasteiger partial charge on any atom is 0.349 e. The van der Waals surface area contributed by atoms with Crippen molar-refractivity contribution in [3.8, 4) is 0 Å². The van der Waals surface area contributed by atoms with Gasteiger partial charge in [-0.2, -0.15) is 0 Å². The first-order valence-corrected chi connectivity index (χ1v) is 4.45. The minimum absolute atomic E-state index is 0.102. The van der Waals surface area contributed by atoms with Crippen molar-refractivity contribution in [3.05, 3.63) is 22.4 Å². The van der Waals surface area contributed by atoms with Gasteiger partial charge in [0.15, 0.2) is 0 Å². The molecule has 1 fully saturated rings. The summed E-state index contributed by atoms with van der Waals surface area (Å²) in [5, 5.41) is 13.2. The molecular formula is C7H6N2O3S. The smallest absolute Gasteiger partial charge is 0.319 e.